The van der Waals surface area contributed by atoms with Gasteiger partial charge in [0.25, 0.3) is 0 Å². The minimum atomic E-state index is -4.00. The van der Waals surface area contributed by atoms with Crippen LogP contribution < -0.4 is 5.32 Å². The summed E-state index contributed by atoms with van der Waals surface area (Å²) in [5.74, 6) is -1.07. The molecule has 4 atom stereocenters. The summed E-state index contributed by atoms with van der Waals surface area (Å²) in [5.41, 5.74) is 0. The van der Waals surface area contributed by atoms with Crippen molar-refractivity contribution >= 4 is 0 Å². The van der Waals surface area contributed by atoms with Crippen molar-refractivity contribution in [2.24, 2.45) is 5.92 Å². The van der Waals surface area contributed by atoms with E-state index in [9.17, 15) is 13.2 Å². The molecule has 122 valence electrons. The molecule has 2 aliphatic heterocycles. The Kier molecular flexibility index (Phi) is 4.79. The third-order valence-electron chi connectivity index (χ3n) is 5.73. The van der Waals surface area contributed by atoms with Crippen molar-refractivity contribution in [3.8, 4) is 0 Å². The summed E-state index contributed by atoms with van der Waals surface area (Å²) in [6, 6.07) is 1.13. The molecular formula is C16H27F3N2. The molecular weight excluding hydrogens is 277 g/mol. The predicted molar refractivity (Wildman–Crippen MR) is 77.2 cm³/mol. The van der Waals surface area contributed by atoms with Gasteiger partial charge in [0.05, 0.1) is 5.92 Å². The Hall–Kier alpha value is -0.290. The molecule has 3 fully saturated rings. The molecule has 1 N–H and O–H groups in total. The van der Waals surface area contributed by atoms with Crippen molar-refractivity contribution in [3.05, 3.63) is 0 Å². The number of piperidine rings is 1. The molecule has 3 aliphatic rings. The molecule has 0 spiro atoms. The lowest BCUT2D eigenvalue weighted by Crippen LogP contribution is -2.55. The van der Waals surface area contributed by atoms with Crippen molar-refractivity contribution < 1.29 is 13.2 Å². The Balaban J connectivity index is 1.67. The number of nitrogens with zero attached hydrogens (tertiary/aromatic N) is 1. The van der Waals surface area contributed by atoms with E-state index in [-0.39, 0.29) is 6.04 Å². The van der Waals surface area contributed by atoms with Crippen LogP contribution in [0.15, 0.2) is 0 Å². The Bertz CT molecular complexity index is 339. The van der Waals surface area contributed by atoms with Crippen LogP contribution in [0.1, 0.15) is 57.8 Å². The molecule has 3 rings (SSSR count). The standard InChI is InChI=1S/C16H27F3N2/c17-16(18,19)12-5-3-6-13(11-12)21-10-2-1-8-15(21)14-7-4-9-20-14/h12-15,20H,1-11H2. The zero-order valence-electron chi connectivity index (χ0n) is 12.7. The van der Waals surface area contributed by atoms with Gasteiger partial charge in [-0.05, 0) is 58.0 Å². The van der Waals surface area contributed by atoms with Gasteiger partial charge in [-0.1, -0.05) is 12.8 Å². The van der Waals surface area contributed by atoms with Gasteiger partial charge in [0.2, 0.25) is 0 Å². The highest BCUT2D eigenvalue weighted by Crippen LogP contribution is 2.40. The van der Waals surface area contributed by atoms with Crippen LogP contribution in [0.25, 0.3) is 0 Å². The first kappa shape index (κ1) is 15.6. The Labute approximate surface area is 125 Å². The largest absolute Gasteiger partial charge is 0.391 e. The second kappa shape index (κ2) is 6.45. The summed E-state index contributed by atoms with van der Waals surface area (Å²) >= 11 is 0. The lowest BCUT2D eigenvalue weighted by Gasteiger charge is -2.46. The van der Waals surface area contributed by atoms with Crippen molar-refractivity contribution in [3.63, 3.8) is 0 Å². The smallest absolute Gasteiger partial charge is 0.312 e. The molecule has 0 amide bonds. The summed E-state index contributed by atoms with van der Waals surface area (Å²) in [6.07, 6.45) is 4.28. The van der Waals surface area contributed by atoms with E-state index in [1.54, 1.807) is 0 Å². The maximum atomic E-state index is 13.0. The van der Waals surface area contributed by atoms with E-state index < -0.39 is 12.1 Å². The lowest BCUT2D eigenvalue weighted by molar-refractivity contribution is -0.188. The van der Waals surface area contributed by atoms with Crippen LogP contribution in [-0.4, -0.2) is 42.3 Å². The number of hydrogen-bond acceptors (Lipinski definition) is 2. The van der Waals surface area contributed by atoms with Crippen LogP contribution in [0, 0.1) is 5.92 Å². The number of halogens is 3. The van der Waals surface area contributed by atoms with Crippen LogP contribution in [0.2, 0.25) is 0 Å². The van der Waals surface area contributed by atoms with E-state index in [2.05, 4.69) is 10.2 Å². The van der Waals surface area contributed by atoms with Crippen LogP contribution in [0.4, 0.5) is 13.2 Å². The van der Waals surface area contributed by atoms with Gasteiger partial charge in [-0.2, -0.15) is 13.2 Å². The lowest BCUT2D eigenvalue weighted by atomic mass is 9.82. The minimum Gasteiger partial charge on any atom is -0.312 e. The van der Waals surface area contributed by atoms with E-state index in [0.29, 0.717) is 24.9 Å². The van der Waals surface area contributed by atoms with Gasteiger partial charge < -0.3 is 5.32 Å². The summed E-state index contributed by atoms with van der Waals surface area (Å²) in [6.45, 7) is 2.07. The molecule has 0 aromatic carbocycles. The number of alkyl halides is 3. The van der Waals surface area contributed by atoms with Crippen molar-refractivity contribution in [2.45, 2.75) is 82.1 Å². The van der Waals surface area contributed by atoms with Crippen molar-refractivity contribution in [1.82, 2.24) is 10.2 Å². The van der Waals surface area contributed by atoms with Gasteiger partial charge in [-0.25, -0.2) is 0 Å². The van der Waals surface area contributed by atoms with E-state index in [4.69, 9.17) is 0 Å². The highest BCUT2D eigenvalue weighted by atomic mass is 19.4. The SMILES string of the molecule is FC(F)(F)C1CCCC(N2CCCCC2C2CCCN2)C1. The fraction of sp³-hybridized carbons (Fsp3) is 1.00. The highest BCUT2D eigenvalue weighted by molar-refractivity contribution is 4.95. The predicted octanol–water partition coefficient (Wildman–Crippen LogP) is 3.71. The fourth-order valence-electron chi connectivity index (χ4n) is 4.67. The summed E-state index contributed by atoms with van der Waals surface area (Å²) in [5, 5.41) is 3.57. The quantitative estimate of drug-likeness (QED) is 0.836. The first-order valence-corrected chi connectivity index (χ1v) is 8.61. The monoisotopic (exact) mass is 304 g/mol. The van der Waals surface area contributed by atoms with Crippen molar-refractivity contribution in [2.75, 3.05) is 13.1 Å². The molecule has 0 radical (unpaired) electrons. The van der Waals surface area contributed by atoms with E-state index in [0.717, 1.165) is 38.8 Å². The number of rotatable bonds is 2. The molecule has 21 heavy (non-hydrogen) atoms. The van der Waals surface area contributed by atoms with Crippen LogP contribution >= 0.6 is 0 Å². The van der Waals surface area contributed by atoms with Gasteiger partial charge in [0.1, 0.15) is 0 Å². The first-order chi connectivity index (χ1) is 10.1. The summed E-state index contributed by atoms with van der Waals surface area (Å²) in [7, 11) is 0. The molecule has 4 unspecified atom stereocenters. The highest BCUT2D eigenvalue weighted by Gasteiger charge is 2.45. The molecule has 2 nitrogen and oxygen atoms in total. The topological polar surface area (TPSA) is 15.3 Å². The molecule has 0 aromatic rings. The third kappa shape index (κ3) is 3.55. The van der Waals surface area contributed by atoms with E-state index >= 15 is 0 Å². The third-order valence-corrected chi connectivity index (χ3v) is 5.73. The Morgan fingerprint density at radius 1 is 0.905 bits per heavy atom. The van der Waals surface area contributed by atoms with Gasteiger partial charge >= 0.3 is 6.18 Å². The maximum Gasteiger partial charge on any atom is 0.391 e. The van der Waals surface area contributed by atoms with Gasteiger partial charge in [-0.15, -0.1) is 0 Å². The first-order valence-electron chi connectivity index (χ1n) is 8.61. The summed E-state index contributed by atoms with van der Waals surface area (Å²) < 4.78 is 39.1. The van der Waals surface area contributed by atoms with Gasteiger partial charge in [0.15, 0.2) is 0 Å². The Morgan fingerprint density at radius 2 is 1.76 bits per heavy atom. The maximum absolute atomic E-state index is 13.0. The zero-order valence-corrected chi connectivity index (χ0v) is 12.7. The van der Waals surface area contributed by atoms with Crippen LogP contribution in [0.3, 0.4) is 0 Å². The summed E-state index contributed by atoms with van der Waals surface area (Å²) in [4.78, 5) is 2.45. The number of likely N-dealkylation sites (tertiary alicyclic amines) is 1. The number of nitrogens with one attached hydrogen (secondary N) is 1. The van der Waals surface area contributed by atoms with Gasteiger partial charge in [0, 0.05) is 18.1 Å². The van der Waals surface area contributed by atoms with Crippen LogP contribution in [-0.2, 0) is 0 Å². The zero-order chi connectivity index (χ0) is 14.9. The molecule has 1 aliphatic carbocycles. The van der Waals surface area contributed by atoms with E-state index in [1.165, 1.54) is 19.3 Å². The molecule has 2 heterocycles. The molecule has 0 aromatic heterocycles. The second-order valence-electron chi connectivity index (χ2n) is 7.06. The molecule has 0 bridgehead atoms. The minimum absolute atomic E-state index is 0.151. The van der Waals surface area contributed by atoms with E-state index in [1.807, 2.05) is 0 Å². The average molecular weight is 304 g/mol. The van der Waals surface area contributed by atoms with Crippen molar-refractivity contribution in [1.29, 1.82) is 0 Å². The molecule has 2 saturated heterocycles. The van der Waals surface area contributed by atoms with Gasteiger partial charge in [-0.3, -0.25) is 4.90 Å². The normalized spacial score (nSPS) is 39.6. The molecule has 1 saturated carbocycles. The molecule has 5 heteroatoms. The number of hydrogen-bond donors (Lipinski definition) is 1. The fourth-order valence-corrected chi connectivity index (χ4v) is 4.67. The Morgan fingerprint density at radius 3 is 2.48 bits per heavy atom. The average Bonchev–Trinajstić information content (AvgIpc) is 3.01. The van der Waals surface area contributed by atoms with Crippen LogP contribution in [0.5, 0.6) is 0 Å². The second-order valence-corrected chi connectivity index (χ2v) is 7.06.